The van der Waals surface area contributed by atoms with Gasteiger partial charge in [-0.3, -0.25) is 4.79 Å². The summed E-state index contributed by atoms with van der Waals surface area (Å²) in [6.07, 6.45) is 4.12. The van der Waals surface area contributed by atoms with E-state index in [1.807, 2.05) is 0 Å². The van der Waals surface area contributed by atoms with E-state index in [4.69, 9.17) is 5.21 Å². The van der Waals surface area contributed by atoms with Gasteiger partial charge in [-0.05, 0) is 80.2 Å². The fourth-order valence-electron chi connectivity index (χ4n) is 2.15. The molecule has 22 heavy (non-hydrogen) atoms. The molecule has 0 unspecified atom stereocenters. The molecule has 0 saturated heterocycles. The zero-order valence-electron chi connectivity index (χ0n) is 14.6. The number of nitrogens with one attached hydrogen (secondary N) is 1. The summed E-state index contributed by atoms with van der Waals surface area (Å²) >= 11 is 0. The van der Waals surface area contributed by atoms with Crippen molar-refractivity contribution < 1.29 is 10.0 Å². The fourth-order valence-corrected chi connectivity index (χ4v) is 2.15. The van der Waals surface area contributed by atoms with Gasteiger partial charge in [-0.25, -0.2) is 0 Å². The minimum atomic E-state index is -0.357. The van der Waals surface area contributed by atoms with Gasteiger partial charge in [0, 0.05) is 6.54 Å². The highest BCUT2D eigenvalue weighted by Crippen LogP contribution is 1.95. The summed E-state index contributed by atoms with van der Waals surface area (Å²) in [5, 5.41) is 13.5. The van der Waals surface area contributed by atoms with Crippen molar-refractivity contribution in [3.05, 3.63) is 0 Å². The van der Waals surface area contributed by atoms with Gasteiger partial charge in [-0.1, -0.05) is 5.16 Å². The largest absolute Gasteiger partial charge is 0.411 e. The second-order valence-corrected chi connectivity index (χ2v) is 6.01. The van der Waals surface area contributed by atoms with Crippen LogP contribution in [0.1, 0.15) is 19.3 Å². The number of carbonyl (C=O) groups is 1. The van der Waals surface area contributed by atoms with E-state index < -0.39 is 0 Å². The Balaban J connectivity index is 3.48. The highest BCUT2D eigenvalue weighted by atomic mass is 16.4. The van der Waals surface area contributed by atoms with E-state index in [-0.39, 0.29) is 5.91 Å². The molecule has 7 heteroatoms. The van der Waals surface area contributed by atoms with Crippen molar-refractivity contribution in [2.24, 2.45) is 5.16 Å². The Morgan fingerprint density at radius 3 is 1.95 bits per heavy atom. The molecule has 0 aliphatic rings. The van der Waals surface area contributed by atoms with Gasteiger partial charge in [-0.2, -0.15) is 0 Å². The van der Waals surface area contributed by atoms with Gasteiger partial charge in [0.15, 0.2) is 0 Å². The van der Waals surface area contributed by atoms with Crippen LogP contribution in [-0.4, -0.2) is 99.5 Å². The van der Waals surface area contributed by atoms with Crippen LogP contribution in [0.15, 0.2) is 5.16 Å². The molecule has 0 rings (SSSR count). The topological polar surface area (TPSA) is 71.4 Å². The van der Waals surface area contributed by atoms with E-state index >= 15 is 0 Å². The molecule has 2 N–H and O–H groups in total. The van der Waals surface area contributed by atoms with Crippen LogP contribution in [0.25, 0.3) is 0 Å². The summed E-state index contributed by atoms with van der Waals surface area (Å²) in [5.41, 5.74) is 0. The van der Waals surface area contributed by atoms with E-state index in [2.05, 4.69) is 53.4 Å². The molecule has 1 amide bonds. The predicted octanol–water partition coefficient (Wildman–Crippen LogP) is 0.158. The van der Waals surface area contributed by atoms with E-state index in [1.54, 1.807) is 0 Å². The SMILES string of the molecule is CN(C)CCCN(C)CCCN(C)CCCNC(=O)/C=N\O. The number of oxime groups is 1. The molecule has 0 aromatic heterocycles. The third-order valence-corrected chi connectivity index (χ3v) is 3.42. The molecular formula is C15H33N5O2. The van der Waals surface area contributed by atoms with E-state index in [9.17, 15) is 4.79 Å². The molecule has 0 saturated carbocycles. The van der Waals surface area contributed by atoms with Gasteiger partial charge in [0.25, 0.3) is 5.91 Å². The first-order chi connectivity index (χ1) is 10.5. The molecule has 0 spiro atoms. The van der Waals surface area contributed by atoms with Crippen molar-refractivity contribution >= 4 is 12.1 Å². The zero-order chi connectivity index (χ0) is 16.8. The smallest absolute Gasteiger partial charge is 0.265 e. The molecule has 0 aliphatic carbocycles. The van der Waals surface area contributed by atoms with Crippen LogP contribution >= 0.6 is 0 Å². The maximum Gasteiger partial charge on any atom is 0.265 e. The average molecular weight is 315 g/mol. The summed E-state index contributed by atoms with van der Waals surface area (Å²) in [5.74, 6) is -0.357. The molecule has 0 atom stereocenters. The van der Waals surface area contributed by atoms with Crippen LogP contribution in [0.2, 0.25) is 0 Å². The number of hydrogen-bond donors (Lipinski definition) is 2. The Kier molecular flexibility index (Phi) is 12.8. The molecule has 0 fully saturated rings. The maximum absolute atomic E-state index is 11.0. The van der Waals surface area contributed by atoms with Crippen molar-refractivity contribution in [2.75, 3.05) is 67.5 Å². The Bertz CT molecular complexity index is 310. The van der Waals surface area contributed by atoms with Crippen LogP contribution in [0.3, 0.4) is 0 Å². The van der Waals surface area contributed by atoms with Crippen molar-refractivity contribution in [1.29, 1.82) is 0 Å². The fraction of sp³-hybridized carbons (Fsp3) is 0.867. The number of amides is 1. The summed E-state index contributed by atoms with van der Waals surface area (Å²) in [6.45, 7) is 5.99. The summed E-state index contributed by atoms with van der Waals surface area (Å²) in [4.78, 5) is 17.9. The lowest BCUT2D eigenvalue weighted by molar-refractivity contribution is -0.114. The normalized spacial score (nSPS) is 12.0. The molecule has 0 aromatic carbocycles. The molecule has 7 nitrogen and oxygen atoms in total. The molecule has 130 valence electrons. The standard InChI is InChI=1S/C15H33N5O2/c1-18(2)9-6-11-20(4)13-7-12-19(3)10-5-8-16-15(21)14-17-22/h14,22H,5-13H2,1-4H3,(H,16,21)/b17-14-. The highest BCUT2D eigenvalue weighted by molar-refractivity contribution is 6.25. The van der Waals surface area contributed by atoms with Crippen molar-refractivity contribution in [1.82, 2.24) is 20.0 Å². The van der Waals surface area contributed by atoms with Gasteiger partial charge < -0.3 is 25.2 Å². The lowest BCUT2D eigenvalue weighted by Crippen LogP contribution is -2.30. The third-order valence-electron chi connectivity index (χ3n) is 3.42. The average Bonchev–Trinajstić information content (AvgIpc) is 2.43. The number of carbonyl (C=O) groups excluding carboxylic acids is 1. The molecule has 0 heterocycles. The van der Waals surface area contributed by atoms with Gasteiger partial charge in [0.1, 0.15) is 6.21 Å². The van der Waals surface area contributed by atoms with Gasteiger partial charge in [0.05, 0.1) is 0 Å². The maximum atomic E-state index is 11.0. The van der Waals surface area contributed by atoms with Crippen LogP contribution in [0.5, 0.6) is 0 Å². The zero-order valence-corrected chi connectivity index (χ0v) is 14.6. The lowest BCUT2D eigenvalue weighted by Gasteiger charge is -2.21. The summed E-state index contributed by atoms with van der Waals surface area (Å²) in [6, 6.07) is 0. The van der Waals surface area contributed by atoms with Gasteiger partial charge in [0.2, 0.25) is 0 Å². The van der Waals surface area contributed by atoms with Crippen LogP contribution in [-0.2, 0) is 4.79 Å². The minimum absolute atomic E-state index is 0.357. The monoisotopic (exact) mass is 315 g/mol. The molecule has 0 aliphatic heterocycles. The van der Waals surface area contributed by atoms with Gasteiger partial charge >= 0.3 is 0 Å². The van der Waals surface area contributed by atoms with E-state index in [0.29, 0.717) is 6.54 Å². The van der Waals surface area contributed by atoms with Crippen molar-refractivity contribution in [3.8, 4) is 0 Å². The molecule has 0 bridgehead atoms. The molecule has 0 radical (unpaired) electrons. The summed E-state index contributed by atoms with van der Waals surface area (Å²) in [7, 11) is 8.49. The first kappa shape index (κ1) is 20.8. The Morgan fingerprint density at radius 2 is 1.45 bits per heavy atom. The molecule has 0 aromatic rings. The number of hydrogen-bond acceptors (Lipinski definition) is 6. The Labute approximate surface area is 134 Å². The lowest BCUT2D eigenvalue weighted by atomic mass is 10.3. The van der Waals surface area contributed by atoms with E-state index in [1.165, 1.54) is 6.42 Å². The van der Waals surface area contributed by atoms with E-state index in [0.717, 1.165) is 51.8 Å². The van der Waals surface area contributed by atoms with Crippen molar-refractivity contribution in [2.45, 2.75) is 19.3 Å². The predicted molar refractivity (Wildman–Crippen MR) is 90.7 cm³/mol. The van der Waals surface area contributed by atoms with Crippen molar-refractivity contribution in [3.63, 3.8) is 0 Å². The summed E-state index contributed by atoms with van der Waals surface area (Å²) < 4.78 is 0. The third kappa shape index (κ3) is 13.8. The Hall–Kier alpha value is -1.18. The Morgan fingerprint density at radius 1 is 0.955 bits per heavy atom. The minimum Gasteiger partial charge on any atom is -0.411 e. The number of nitrogens with zero attached hydrogens (tertiary/aromatic N) is 4. The van der Waals surface area contributed by atoms with Crippen LogP contribution in [0.4, 0.5) is 0 Å². The number of rotatable bonds is 13. The second kappa shape index (κ2) is 13.5. The highest BCUT2D eigenvalue weighted by Gasteiger charge is 2.02. The van der Waals surface area contributed by atoms with Crippen LogP contribution < -0.4 is 5.32 Å². The first-order valence-electron chi connectivity index (χ1n) is 7.92. The first-order valence-corrected chi connectivity index (χ1v) is 7.92. The second-order valence-electron chi connectivity index (χ2n) is 6.01. The van der Waals surface area contributed by atoms with Crippen LogP contribution in [0, 0.1) is 0 Å². The quantitative estimate of drug-likeness (QED) is 0.219. The molecular weight excluding hydrogens is 282 g/mol. The van der Waals surface area contributed by atoms with Gasteiger partial charge in [-0.15, -0.1) is 0 Å².